The Kier molecular flexibility index (Phi) is 2.83. The predicted octanol–water partition coefficient (Wildman–Crippen LogP) is 0.610. The summed E-state index contributed by atoms with van der Waals surface area (Å²) in [4.78, 5) is 3.73. The van der Waals surface area contributed by atoms with E-state index in [2.05, 4.69) is 10.1 Å². The van der Waals surface area contributed by atoms with E-state index in [1.165, 1.54) is 0 Å². The zero-order chi connectivity index (χ0) is 8.10. The van der Waals surface area contributed by atoms with E-state index in [9.17, 15) is 4.39 Å². The number of halogens is 1. The number of aryl methyl sites for hydroxylation is 1. The SMILES string of the molecule is Nc1ncn(CCCCF)n1. The Labute approximate surface area is 64.2 Å². The number of unbranched alkanes of at least 4 members (excludes halogenated alkanes) is 1. The van der Waals surface area contributed by atoms with Gasteiger partial charge in [0.25, 0.3) is 0 Å². The molecule has 0 amide bonds. The van der Waals surface area contributed by atoms with Crippen molar-refractivity contribution in [3.8, 4) is 0 Å². The highest BCUT2D eigenvalue weighted by Gasteiger charge is 1.94. The number of nitrogens with zero attached hydrogens (tertiary/aromatic N) is 3. The van der Waals surface area contributed by atoms with Gasteiger partial charge in [-0.05, 0) is 12.8 Å². The monoisotopic (exact) mass is 158 g/mol. The third-order valence-corrected chi connectivity index (χ3v) is 1.33. The molecule has 4 nitrogen and oxygen atoms in total. The van der Waals surface area contributed by atoms with Crippen molar-refractivity contribution in [3.63, 3.8) is 0 Å². The van der Waals surface area contributed by atoms with Gasteiger partial charge in [-0.25, -0.2) is 4.98 Å². The number of hydrogen-bond donors (Lipinski definition) is 1. The fourth-order valence-electron chi connectivity index (χ4n) is 0.785. The summed E-state index contributed by atoms with van der Waals surface area (Å²) in [6, 6.07) is 0. The molecule has 0 unspecified atom stereocenters. The van der Waals surface area contributed by atoms with E-state index in [0.29, 0.717) is 13.0 Å². The summed E-state index contributed by atoms with van der Waals surface area (Å²) >= 11 is 0. The van der Waals surface area contributed by atoms with Crippen LogP contribution in [0.4, 0.5) is 10.3 Å². The highest BCUT2D eigenvalue weighted by Crippen LogP contribution is 1.95. The Bertz CT molecular complexity index is 210. The van der Waals surface area contributed by atoms with Crippen molar-refractivity contribution in [3.05, 3.63) is 6.33 Å². The number of aromatic nitrogens is 3. The molecule has 0 atom stereocenters. The molecule has 0 saturated heterocycles. The largest absolute Gasteiger partial charge is 0.367 e. The molecule has 0 aliphatic heterocycles. The highest BCUT2D eigenvalue weighted by molar-refractivity contribution is 5.08. The van der Waals surface area contributed by atoms with Crippen molar-refractivity contribution < 1.29 is 4.39 Å². The molecule has 62 valence electrons. The smallest absolute Gasteiger partial charge is 0.239 e. The molecule has 1 heterocycles. The zero-order valence-corrected chi connectivity index (χ0v) is 6.20. The van der Waals surface area contributed by atoms with Gasteiger partial charge in [-0.3, -0.25) is 9.07 Å². The Morgan fingerprint density at radius 2 is 2.36 bits per heavy atom. The zero-order valence-electron chi connectivity index (χ0n) is 6.20. The van der Waals surface area contributed by atoms with Crippen LogP contribution in [0.1, 0.15) is 12.8 Å². The number of nitrogen functional groups attached to an aromatic ring is 1. The molecule has 0 saturated carbocycles. The molecule has 0 aromatic carbocycles. The van der Waals surface area contributed by atoms with Gasteiger partial charge in [-0.15, -0.1) is 5.10 Å². The second-order valence-corrected chi connectivity index (χ2v) is 2.26. The number of hydrogen-bond acceptors (Lipinski definition) is 3. The topological polar surface area (TPSA) is 56.7 Å². The van der Waals surface area contributed by atoms with Gasteiger partial charge in [-0.1, -0.05) is 0 Å². The van der Waals surface area contributed by atoms with Crippen LogP contribution in [0.3, 0.4) is 0 Å². The molecule has 11 heavy (non-hydrogen) atoms. The molecule has 0 aliphatic carbocycles. The van der Waals surface area contributed by atoms with Gasteiger partial charge in [-0.2, -0.15) is 0 Å². The van der Waals surface area contributed by atoms with E-state index in [4.69, 9.17) is 5.73 Å². The summed E-state index contributed by atoms with van der Waals surface area (Å²) in [7, 11) is 0. The minimum atomic E-state index is -0.274. The quantitative estimate of drug-likeness (QED) is 0.653. The van der Waals surface area contributed by atoms with Crippen LogP contribution < -0.4 is 5.73 Å². The van der Waals surface area contributed by atoms with Crippen molar-refractivity contribution in [1.29, 1.82) is 0 Å². The number of nitrogens with two attached hydrogens (primary N) is 1. The molecule has 1 aromatic rings. The maximum atomic E-state index is 11.6. The summed E-state index contributed by atoms with van der Waals surface area (Å²) in [6.45, 7) is 0.415. The lowest BCUT2D eigenvalue weighted by atomic mass is 10.3. The van der Waals surface area contributed by atoms with Gasteiger partial charge in [0.15, 0.2) is 0 Å². The lowest BCUT2D eigenvalue weighted by Gasteiger charge is -1.96. The fraction of sp³-hybridized carbons (Fsp3) is 0.667. The summed E-state index contributed by atoms with van der Waals surface area (Å²) in [6.07, 6.45) is 2.90. The average Bonchev–Trinajstić information content (AvgIpc) is 2.37. The molecule has 0 fully saturated rings. The first kappa shape index (κ1) is 7.97. The van der Waals surface area contributed by atoms with Crippen molar-refractivity contribution >= 4 is 5.95 Å². The lowest BCUT2D eigenvalue weighted by molar-refractivity contribution is 0.439. The van der Waals surface area contributed by atoms with E-state index in [-0.39, 0.29) is 12.6 Å². The van der Waals surface area contributed by atoms with Crippen LogP contribution in [0, 0.1) is 0 Å². The van der Waals surface area contributed by atoms with Gasteiger partial charge in [0.1, 0.15) is 6.33 Å². The first-order valence-electron chi connectivity index (χ1n) is 3.54. The van der Waals surface area contributed by atoms with E-state index in [0.717, 1.165) is 6.42 Å². The van der Waals surface area contributed by atoms with E-state index in [1.807, 2.05) is 0 Å². The van der Waals surface area contributed by atoms with Gasteiger partial charge in [0, 0.05) is 6.54 Å². The Morgan fingerprint density at radius 1 is 1.55 bits per heavy atom. The fourth-order valence-corrected chi connectivity index (χ4v) is 0.785. The summed E-state index contributed by atoms with van der Waals surface area (Å²) in [5, 5.41) is 3.84. The molecule has 0 bridgehead atoms. The normalized spacial score (nSPS) is 10.3. The van der Waals surface area contributed by atoms with Crippen LogP contribution >= 0.6 is 0 Å². The van der Waals surface area contributed by atoms with E-state index >= 15 is 0 Å². The Balaban J connectivity index is 2.27. The molecule has 1 rings (SSSR count). The molecule has 0 aliphatic rings. The summed E-state index contributed by atoms with van der Waals surface area (Å²) < 4.78 is 13.2. The minimum Gasteiger partial charge on any atom is -0.367 e. The van der Waals surface area contributed by atoms with Crippen LogP contribution in [0.15, 0.2) is 6.33 Å². The Morgan fingerprint density at radius 3 is 2.91 bits per heavy atom. The van der Waals surface area contributed by atoms with E-state index < -0.39 is 0 Å². The van der Waals surface area contributed by atoms with Crippen LogP contribution in [0.5, 0.6) is 0 Å². The maximum absolute atomic E-state index is 11.6. The van der Waals surface area contributed by atoms with Crippen molar-refractivity contribution in [2.45, 2.75) is 19.4 Å². The first-order chi connectivity index (χ1) is 5.33. The molecular weight excluding hydrogens is 147 g/mol. The van der Waals surface area contributed by atoms with E-state index in [1.54, 1.807) is 11.0 Å². The van der Waals surface area contributed by atoms with Crippen LogP contribution in [0.25, 0.3) is 0 Å². The molecule has 1 aromatic heterocycles. The van der Waals surface area contributed by atoms with Gasteiger partial charge in [0.2, 0.25) is 5.95 Å². The molecule has 0 radical (unpaired) electrons. The third kappa shape index (κ3) is 2.53. The first-order valence-corrected chi connectivity index (χ1v) is 3.54. The number of alkyl halides is 1. The standard InChI is InChI=1S/C6H11FN4/c7-3-1-2-4-11-5-9-6(8)10-11/h5H,1-4H2,(H2,8,10). The lowest BCUT2D eigenvalue weighted by Crippen LogP contribution is -1.99. The second-order valence-electron chi connectivity index (χ2n) is 2.26. The van der Waals surface area contributed by atoms with Crippen molar-refractivity contribution in [2.75, 3.05) is 12.4 Å². The van der Waals surface area contributed by atoms with Gasteiger partial charge >= 0.3 is 0 Å². The third-order valence-electron chi connectivity index (χ3n) is 1.33. The van der Waals surface area contributed by atoms with Crippen LogP contribution in [0.2, 0.25) is 0 Å². The average molecular weight is 158 g/mol. The molecule has 0 spiro atoms. The summed E-state index contributed by atoms with van der Waals surface area (Å²) in [5.41, 5.74) is 5.27. The predicted molar refractivity (Wildman–Crippen MR) is 39.6 cm³/mol. The minimum absolute atomic E-state index is 0.269. The number of anilines is 1. The van der Waals surface area contributed by atoms with Crippen molar-refractivity contribution in [2.24, 2.45) is 0 Å². The second kappa shape index (κ2) is 3.90. The Hall–Kier alpha value is -1.13. The van der Waals surface area contributed by atoms with Gasteiger partial charge < -0.3 is 5.73 Å². The number of rotatable bonds is 4. The van der Waals surface area contributed by atoms with Crippen LogP contribution in [-0.2, 0) is 6.54 Å². The van der Waals surface area contributed by atoms with Crippen LogP contribution in [-0.4, -0.2) is 21.4 Å². The van der Waals surface area contributed by atoms with Crippen molar-refractivity contribution in [1.82, 2.24) is 14.8 Å². The molecular formula is C6H11FN4. The highest BCUT2D eigenvalue weighted by atomic mass is 19.1. The molecule has 2 N–H and O–H groups in total. The molecule has 5 heteroatoms. The summed E-state index contributed by atoms with van der Waals surface area (Å²) in [5.74, 6) is 0.269. The van der Waals surface area contributed by atoms with Gasteiger partial charge in [0.05, 0.1) is 6.67 Å². The maximum Gasteiger partial charge on any atom is 0.239 e.